The minimum absolute atomic E-state index is 0.191. The van der Waals surface area contributed by atoms with Gasteiger partial charge < -0.3 is 0 Å². The lowest BCUT2D eigenvalue weighted by Crippen LogP contribution is -1.72. The smallest absolute Gasteiger partial charge is 0.227 e. The topological polar surface area (TPSA) is 148 Å². The van der Waals surface area contributed by atoms with Gasteiger partial charge in [0.1, 0.15) is 0 Å². The van der Waals surface area contributed by atoms with Crippen LogP contribution in [0, 0.1) is 0 Å². The Morgan fingerprint density at radius 3 is 1.60 bits per heavy atom. The number of hydrogen-bond donors (Lipinski definition) is 0. The first-order valence-electron chi connectivity index (χ1n) is 5.89. The lowest BCUT2D eigenvalue weighted by Gasteiger charge is -2.18. The van der Waals surface area contributed by atoms with Crippen LogP contribution in [0.15, 0.2) is 57.8 Å². The van der Waals surface area contributed by atoms with E-state index in [1.807, 2.05) is 0 Å². The standard InChI is InChI=1S/C5H10Cl3N12P5/c1-4-10-12-21-14-16-24(7)18-23(6,9-3)19-25(8,20-24)17-15-22-13-11-5-2/h4-5H,3H2,1-2H3/b10-4+,11-5+,16-14?,17-15?. The Balaban J connectivity index is 3.32. The first kappa shape index (κ1) is 23.0. The molecule has 0 saturated carbocycles. The van der Waals surface area contributed by atoms with Crippen molar-refractivity contribution in [2.75, 3.05) is 0 Å². The Morgan fingerprint density at radius 1 is 0.800 bits per heavy atom. The molecule has 0 bridgehead atoms. The number of rotatable bonds is 7. The molecule has 0 aromatic heterocycles. The van der Waals surface area contributed by atoms with Gasteiger partial charge in [-0.25, -0.2) is 4.76 Å². The lowest BCUT2D eigenvalue weighted by atomic mass is 10.9. The summed E-state index contributed by atoms with van der Waals surface area (Å²) in [6, 6.07) is 0. The summed E-state index contributed by atoms with van der Waals surface area (Å²) >= 11 is 18.9. The summed E-state index contributed by atoms with van der Waals surface area (Å²) in [5, 5.41) is 7.23. The van der Waals surface area contributed by atoms with E-state index in [1.54, 1.807) is 13.8 Å². The zero-order valence-electron chi connectivity index (χ0n) is 12.6. The van der Waals surface area contributed by atoms with Crippen molar-refractivity contribution in [3.8, 4) is 0 Å². The summed E-state index contributed by atoms with van der Waals surface area (Å²) in [5.41, 5.74) is 0. The summed E-state index contributed by atoms with van der Waals surface area (Å²) in [5.74, 6) is 0. The van der Waals surface area contributed by atoms with Crippen molar-refractivity contribution in [1.82, 2.24) is 0 Å². The summed E-state index contributed by atoms with van der Waals surface area (Å²) in [6.45, 7) is -2.96. The van der Waals surface area contributed by atoms with E-state index in [0.717, 1.165) is 0 Å². The SMILES string of the molecule is C=NP1(Cl)=NP(Cl)(N=NP=N/N=C/C)=NP(Cl)(N=NP=N/N=C/C)=N1. The Morgan fingerprint density at radius 2 is 1.20 bits per heavy atom. The van der Waals surface area contributed by atoms with Gasteiger partial charge >= 0.3 is 13.4 Å². The molecule has 20 heteroatoms. The molecule has 136 valence electrons. The molecular weight excluding hydrogens is 489 g/mol. The summed E-state index contributed by atoms with van der Waals surface area (Å²) < 4.78 is 16.0. The van der Waals surface area contributed by atoms with Gasteiger partial charge in [0.2, 0.25) is 17.0 Å². The van der Waals surface area contributed by atoms with Crippen LogP contribution in [0.3, 0.4) is 0 Å². The maximum Gasteiger partial charge on any atom is 0.303 e. The molecule has 3 atom stereocenters. The monoisotopic (exact) mass is 498 g/mol. The predicted molar refractivity (Wildman–Crippen MR) is 112 cm³/mol. The maximum atomic E-state index is 6.32. The second-order valence-corrected chi connectivity index (χ2v) is 14.3. The van der Waals surface area contributed by atoms with Crippen LogP contribution in [0.4, 0.5) is 0 Å². The molecule has 1 aliphatic heterocycles. The fourth-order valence-corrected chi connectivity index (χ4v) is 14.9. The van der Waals surface area contributed by atoms with E-state index in [0.29, 0.717) is 0 Å². The van der Waals surface area contributed by atoms with Gasteiger partial charge in [-0.3, -0.25) is 0 Å². The van der Waals surface area contributed by atoms with Crippen molar-refractivity contribution in [1.29, 1.82) is 0 Å². The van der Waals surface area contributed by atoms with Crippen LogP contribution in [0.2, 0.25) is 0 Å². The van der Waals surface area contributed by atoms with Gasteiger partial charge in [0.25, 0.3) is 6.71 Å². The molecular formula is C5H10Cl3N12P5. The minimum atomic E-state index is -3.28. The molecule has 0 aromatic rings. The molecule has 0 spiro atoms. The molecule has 0 fully saturated rings. The Kier molecular flexibility index (Phi) is 10.1. The maximum absolute atomic E-state index is 6.32. The molecule has 25 heavy (non-hydrogen) atoms. The zero-order valence-corrected chi connectivity index (χ0v) is 19.3. The third-order valence-electron chi connectivity index (χ3n) is 1.66. The van der Waals surface area contributed by atoms with Crippen molar-refractivity contribution in [2.24, 2.45) is 57.8 Å². The second-order valence-electron chi connectivity index (χ2n) is 3.36. The van der Waals surface area contributed by atoms with Gasteiger partial charge in [0, 0.05) is 12.4 Å². The molecule has 0 saturated heterocycles. The third kappa shape index (κ3) is 8.47. The molecule has 0 aliphatic carbocycles. The highest BCUT2D eigenvalue weighted by Crippen LogP contribution is 2.84. The van der Waals surface area contributed by atoms with Gasteiger partial charge in [0.05, 0.1) is 0 Å². The fourth-order valence-electron chi connectivity index (χ4n) is 0.939. The predicted octanol–water partition coefficient (Wildman–Crippen LogP) is 9.26. The van der Waals surface area contributed by atoms with E-state index >= 15 is 0 Å². The Hall–Kier alpha value is -0.0300. The van der Waals surface area contributed by atoms with Crippen molar-refractivity contribution < 1.29 is 0 Å². The summed E-state index contributed by atoms with van der Waals surface area (Å²) in [7, 11) is 0.383. The average molecular weight is 499 g/mol. The fraction of sp³-hybridized carbons (Fsp3) is 0.400. The molecule has 0 radical (unpaired) electrons. The summed E-state index contributed by atoms with van der Waals surface area (Å²) in [6.07, 6.45) is 2.98. The first-order valence-corrected chi connectivity index (χ1v) is 15.2. The van der Waals surface area contributed by atoms with Crippen LogP contribution in [0.1, 0.15) is 13.8 Å². The van der Waals surface area contributed by atoms with Crippen molar-refractivity contribution in [3.63, 3.8) is 0 Å². The minimum Gasteiger partial charge on any atom is -0.227 e. The van der Waals surface area contributed by atoms with Crippen molar-refractivity contribution in [3.05, 3.63) is 0 Å². The van der Waals surface area contributed by atoms with Gasteiger partial charge in [-0.2, -0.15) is 23.7 Å². The normalized spacial score (nSPS) is 33.6. The number of hydrogen-bond acceptors (Lipinski definition) is 8. The zero-order chi connectivity index (χ0) is 18.8. The van der Waals surface area contributed by atoms with Crippen molar-refractivity contribution in [2.45, 2.75) is 13.8 Å². The van der Waals surface area contributed by atoms with Gasteiger partial charge in [-0.1, -0.05) is 0 Å². The van der Waals surface area contributed by atoms with E-state index in [9.17, 15) is 0 Å². The second kappa shape index (κ2) is 11.0. The van der Waals surface area contributed by atoms with E-state index in [4.69, 9.17) is 33.7 Å². The quantitative estimate of drug-likeness (QED) is 0.142. The molecule has 0 amide bonds. The van der Waals surface area contributed by atoms with Crippen LogP contribution >= 0.6 is 70.9 Å². The molecule has 1 heterocycles. The van der Waals surface area contributed by atoms with Crippen LogP contribution < -0.4 is 0 Å². The highest BCUT2D eigenvalue weighted by Gasteiger charge is 2.34. The van der Waals surface area contributed by atoms with E-state index in [2.05, 4.69) is 64.5 Å². The molecule has 12 nitrogen and oxygen atoms in total. The molecule has 0 N–H and O–H groups in total. The summed E-state index contributed by atoms with van der Waals surface area (Å²) in [4.78, 5) is 22.5. The van der Waals surface area contributed by atoms with E-state index in [-0.39, 0.29) is 17.0 Å². The highest BCUT2D eigenvalue weighted by atomic mass is 35.7. The Labute approximate surface area is 161 Å². The van der Waals surface area contributed by atoms with Crippen LogP contribution in [0.5, 0.6) is 0 Å². The molecule has 0 aromatic carbocycles. The third-order valence-corrected chi connectivity index (χ3v) is 13.5. The van der Waals surface area contributed by atoms with Crippen LogP contribution in [-0.2, 0) is 0 Å². The van der Waals surface area contributed by atoms with Gasteiger partial charge in [0.15, 0.2) is 0 Å². The van der Waals surface area contributed by atoms with Crippen LogP contribution in [0.25, 0.3) is 0 Å². The van der Waals surface area contributed by atoms with E-state index in [1.165, 1.54) is 12.4 Å². The van der Waals surface area contributed by atoms with Crippen molar-refractivity contribution >= 4 is 90.0 Å². The van der Waals surface area contributed by atoms with E-state index < -0.39 is 20.1 Å². The first-order chi connectivity index (χ1) is 11.8. The largest absolute Gasteiger partial charge is 0.303 e. The number of halogens is 3. The lowest BCUT2D eigenvalue weighted by molar-refractivity contribution is 1.28. The van der Waals surface area contributed by atoms with Gasteiger partial charge in [-0.15, -0.1) is 29.2 Å². The Bertz CT molecular complexity index is 801. The number of nitrogens with zero attached hydrogens (tertiary/aromatic N) is 12. The average Bonchev–Trinajstić information content (AvgIpc) is 2.53. The van der Waals surface area contributed by atoms with Gasteiger partial charge in [-0.05, 0) is 54.3 Å². The molecule has 3 unspecified atom stereocenters. The highest BCUT2D eigenvalue weighted by molar-refractivity contribution is 8.08. The van der Waals surface area contributed by atoms with Crippen LogP contribution in [-0.4, -0.2) is 19.1 Å². The molecule has 1 rings (SSSR count). The molecule has 1 aliphatic rings.